The molecule has 0 nitrogen and oxygen atoms in total. The van der Waals surface area contributed by atoms with Crippen LogP contribution in [0.3, 0.4) is 0 Å². The van der Waals surface area contributed by atoms with Gasteiger partial charge in [0.05, 0.1) is 0 Å². The Kier molecular flexibility index (Phi) is 12.7. The zero-order chi connectivity index (χ0) is 17.0. The molecular formula is C22H42. The fourth-order valence-electron chi connectivity index (χ4n) is 4.08. The van der Waals surface area contributed by atoms with Crippen LogP contribution in [0.25, 0.3) is 0 Å². The Morgan fingerprint density at radius 2 is 1.23 bits per heavy atom. The van der Waals surface area contributed by atoms with E-state index in [4.69, 9.17) is 0 Å². The first-order valence-electron chi connectivity index (χ1n) is 9.99. The average molecular weight is 307 g/mol. The Morgan fingerprint density at radius 1 is 0.818 bits per heavy atom. The van der Waals surface area contributed by atoms with E-state index in [1.54, 1.807) is 0 Å². The van der Waals surface area contributed by atoms with Gasteiger partial charge < -0.3 is 0 Å². The van der Waals surface area contributed by atoms with Crippen molar-refractivity contribution in [3.8, 4) is 0 Å². The van der Waals surface area contributed by atoms with Crippen molar-refractivity contribution >= 4 is 0 Å². The van der Waals surface area contributed by atoms with Crippen LogP contribution in [0.2, 0.25) is 0 Å². The third-order valence-corrected chi connectivity index (χ3v) is 5.46. The molecule has 130 valence electrons. The predicted molar refractivity (Wildman–Crippen MR) is 103 cm³/mol. The predicted octanol–water partition coefficient (Wildman–Crippen LogP) is 7.80. The topological polar surface area (TPSA) is 0 Å². The van der Waals surface area contributed by atoms with Crippen LogP contribution in [-0.2, 0) is 0 Å². The third kappa shape index (κ3) is 7.65. The summed E-state index contributed by atoms with van der Waals surface area (Å²) >= 11 is 0. The van der Waals surface area contributed by atoms with Crippen LogP contribution in [-0.4, -0.2) is 0 Å². The van der Waals surface area contributed by atoms with Crippen LogP contribution in [0.5, 0.6) is 0 Å². The van der Waals surface area contributed by atoms with E-state index in [1.165, 1.54) is 63.4 Å². The van der Waals surface area contributed by atoms with E-state index in [2.05, 4.69) is 20.1 Å². The van der Waals surface area contributed by atoms with Crippen molar-refractivity contribution in [2.45, 2.75) is 92.4 Å². The van der Waals surface area contributed by atoms with Crippen molar-refractivity contribution in [1.29, 1.82) is 0 Å². The molecule has 0 aromatic rings. The minimum absolute atomic E-state index is 0.897. The second kappa shape index (κ2) is 13.0. The molecule has 0 unspecified atom stereocenters. The summed E-state index contributed by atoms with van der Waals surface area (Å²) in [4.78, 5) is 0. The molecule has 0 saturated heterocycles. The fourth-order valence-corrected chi connectivity index (χ4v) is 4.08. The SMILES string of the molecule is C=CC(=C)CC1CCC(C2CCC(C)CC2)CC1.CC.CC. The van der Waals surface area contributed by atoms with Gasteiger partial charge in [-0.1, -0.05) is 72.3 Å². The second-order valence-corrected chi connectivity index (χ2v) is 6.87. The van der Waals surface area contributed by atoms with Gasteiger partial charge >= 0.3 is 0 Å². The molecule has 2 aliphatic carbocycles. The van der Waals surface area contributed by atoms with Gasteiger partial charge in [-0.15, -0.1) is 0 Å². The quantitative estimate of drug-likeness (QED) is 0.465. The molecule has 0 amide bonds. The van der Waals surface area contributed by atoms with Gasteiger partial charge in [0.25, 0.3) is 0 Å². The van der Waals surface area contributed by atoms with E-state index >= 15 is 0 Å². The summed E-state index contributed by atoms with van der Waals surface area (Å²) in [5.74, 6) is 4.00. The van der Waals surface area contributed by atoms with Gasteiger partial charge in [-0.3, -0.25) is 0 Å². The lowest BCUT2D eigenvalue weighted by molar-refractivity contribution is 0.150. The molecule has 0 heterocycles. The Morgan fingerprint density at radius 3 is 1.64 bits per heavy atom. The maximum atomic E-state index is 4.07. The van der Waals surface area contributed by atoms with Crippen molar-refractivity contribution in [1.82, 2.24) is 0 Å². The Hall–Kier alpha value is -0.520. The van der Waals surface area contributed by atoms with Crippen molar-refractivity contribution in [2.75, 3.05) is 0 Å². The molecule has 0 aromatic carbocycles. The van der Waals surface area contributed by atoms with Gasteiger partial charge in [0.1, 0.15) is 0 Å². The second-order valence-electron chi connectivity index (χ2n) is 6.87. The van der Waals surface area contributed by atoms with E-state index in [0.29, 0.717) is 0 Å². The molecule has 0 radical (unpaired) electrons. The summed E-state index contributed by atoms with van der Waals surface area (Å²) < 4.78 is 0. The number of allylic oxidation sites excluding steroid dienone is 2. The van der Waals surface area contributed by atoms with Crippen molar-refractivity contribution < 1.29 is 0 Å². The van der Waals surface area contributed by atoms with Crippen molar-refractivity contribution in [2.24, 2.45) is 23.7 Å². The van der Waals surface area contributed by atoms with Crippen LogP contribution >= 0.6 is 0 Å². The molecule has 0 atom stereocenters. The lowest BCUT2D eigenvalue weighted by Crippen LogP contribution is -2.25. The first-order valence-corrected chi connectivity index (χ1v) is 9.99. The molecule has 2 rings (SSSR count). The van der Waals surface area contributed by atoms with Gasteiger partial charge in [-0.25, -0.2) is 0 Å². The first-order chi connectivity index (χ1) is 10.7. The van der Waals surface area contributed by atoms with Crippen molar-refractivity contribution in [3.63, 3.8) is 0 Å². The zero-order valence-electron chi connectivity index (χ0n) is 16.2. The van der Waals surface area contributed by atoms with Crippen molar-refractivity contribution in [3.05, 3.63) is 24.8 Å². The largest absolute Gasteiger partial charge is 0.0988 e. The highest BCUT2D eigenvalue weighted by Crippen LogP contribution is 2.42. The molecule has 0 heteroatoms. The maximum absolute atomic E-state index is 4.07. The summed E-state index contributed by atoms with van der Waals surface area (Å²) in [6.45, 7) is 18.3. The smallest absolute Gasteiger partial charge is 0.0256 e. The highest BCUT2D eigenvalue weighted by Gasteiger charge is 2.29. The lowest BCUT2D eigenvalue weighted by atomic mass is 9.69. The molecule has 2 fully saturated rings. The van der Waals surface area contributed by atoms with Crippen LogP contribution in [0.1, 0.15) is 92.4 Å². The Labute approximate surface area is 141 Å². The molecule has 2 saturated carbocycles. The molecule has 0 spiro atoms. The summed E-state index contributed by atoms with van der Waals surface area (Å²) in [7, 11) is 0. The summed E-state index contributed by atoms with van der Waals surface area (Å²) in [5, 5.41) is 0. The van der Waals surface area contributed by atoms with Crippen LogP contribution in [0.15, 0.2) is 24.8 Å². The number of rotatable bonds is 4. The van der Waals surface area contributed by atoms with Gasteiger partial charge in [0, 0.05) is 0 Å². The number of hydrogen-bond acceptors (Lipinski definition) is 0. The Balaban J connectivity index is 0.00000102. The van der Waals surface area contributed by atoms with Gasteiger partial charge in [-0.2, -0.15) is 0 Å². The summed E-state index contributed by atoms with van der Waals surface area (Å²) in [6, 6.07) is 0. The van der Waals surface area contributed by atoms with E-state index < -0.39 is 0 Å². The number of hydrogen-bond donors (Lipinski definition) is 0. The highest BCUT2D eigenvalue weighted by atomic mass is 14.3. The van der Waals surface area contributed by atoms with Gasteiger partial charge in [-0.05, 0) is 68.6 Å². The minimum atomic E-state index is 0.897. The maximum Gasteiger partial charge on any atom is -0.0256 e. The van der Waals surface area contributed by atoms with E-state index in [1.807, 2.05) is 33.8 Å². The molecule has 0 N–H and O–H groups in total. The molecule has 0 aromatic heterocycles. The molecule has 2 aliphatic rings. The zero-order valence-corrected chi connectivity index (χ0v) is 16.2. The van der Waals surface area contributed by atoms with Crippen LogP contribution in [0, 0.1) is 23.7 Å². The van der Waals surface area contributed by atoms with Gasteiger partial charge in [0.15, 0.2) is 0 Å². The minimum Gasteiger partial charge on any atom is -0.0988 e. The lowest BCUT2D eigenvalue weighted by Gasteiger charge is -2.37. The Bertz CT molecular complexity index is 272. The molecular weight excluding hydrogens is 264 g/mol. The van der Waals surface area contributed by atoms with Gasteiger partial charge in [0.2, 0.25) is 0 Å². The molecule has 0 bridgehead atoms. The van der Waals surface area contributed by atoms with E-state index in [0.717, 1.165) is 23.7 Å². The monoisotopic (exact) mass is 306 g/mol. The first kappa shape index (κ1) is 21.5. The third-order valence-electron chi connectivity index (χ3n) is 5.46. The molecule has 0 aliphatic heterocycles. The fraction of sp³-hybridized carbons (Fsp3) is 0.818. The average Bonchev–Trinajstić information content (AvgIpc) is 2.60. The van der Waals surface area contributed by atoms with E-state index in [-0.39, 0.29) is 0 Å². The van der Waals surface area contributed by atoms with Crippen LogP contribution < -0.4 is 0 Å². The highest BCUT2D eigenvalue weighted by molar-refractivity contribution is 5.11. The normalized spacial score (nSPS) is 31.0. The summed E-state index contributed by atoms with van der Waals surface area (Å²) in [6.07, 6.45) is 14.9. The standard InChI is InChI=1S/C18H30.2C2H6/c1-4-14(2)13-16-7-11-18(12-8-16)17-9-5-15(3)6-10-17;2*1-2/h4,15-18H,1-2,5-13H2,3H3;2*1-2H3. The van der Waals surface area contributed by atoms with Crippen LogP contribution in [0.4, 0.5) is 0 Å². The summed E-state index contributed by atoms with van der Waals surface area (Å²) in [5.41, 5.74) is 1.24. The van der Waals surface area contributed by atoms with E-state index in [9.17, 15) is 0 Å². The molecule has 22 heavy (non-hydrogen) atoms.